The first-order valence-electron chi connectivity index (χ1n) is 13.4. The molecule has 0 bridgehead atoms. The van der Waals surface area contributed by atoms with E-state index in [1.807, 2.05) is 13.0 Å². The fourth-order valence-corrected chi connectivity index (χ4v) is 6.69. The molecule has 1 saturated carbocycles. The van der Waals surface area contributed by atoms with E-state index in [0.717, 1.165) is 5.57 Å². The van der Waals surface area contributed by atoms with Gasteiger partial charge in [-0.2, -0.15) is 0 Å². The lowest BCUT2D eigenvalue weighted by Gasteiger charge is -2.60. The summed E-state index contributed by atoms with van der Waals surface area (Å²) >= 11 is 0. The van der Waals surface area contributed by atoms with Crippen molar-refractivity contribution in [2.45, 2.75) is 78.7 Å². The van der Waals surface area contributed by atoms with Crippen LogP contribution in [-0.4, -0.2) is 47.8 Å². The number of rotatable bonds is 7. The molecule has 1 N–H and O–H groups in total. The second-order valence-electron chi connectivity index (χ2n) is 11.2. The van der Waals surface area contributed by atoms with Gasteiger partial charge in [0, 0.05) is 19.4 Å². The van der Waals surface area contributed by atoms with E-state index in [1.54, 1.807) is 36.4 Å². The standard InChI is InChI=1S/C31H38O8/c1-7-18(2)13-14-30(6)19(3)15-26(38-27(35)22-11-9-8-10-12-22)31-24(16-23(34)17-25(30)31)28(36-20(4)32)39-29(31)37-21(5)33/h7-13,16,19,23,25-26,28-29,34H,1,14-15,17H2,2-6H3/b18-13+/t19-,23+,25+,26-,28-,29-,30+,31-/m0/s1. The molecule has 3 aliphatic rings. The molecule has 0 unspecified atom stereocenters. The van der Waals surface area contributed by atoms with Crippen molar-refractivity contribution in [1.29, 1.82) is 0 Å². The van der Waals surface area contributed by atoms with E-state index in [-0.39, 0.29) is 11.8 Å². The SMILES string of the molecule is C=C/C(C)=C/C[C@@]1(C)[C@H]2C[C@H](O)C=C3[C@@H](OC(C)=O)O[C@H](OC(C)=O)[C@@]32[C@@H](OC(=O)c2ccccc2)C[C@@H]1C. The lowest BCUT2D eigenvalue weighted by atomic mass is 9.45. The Kier molecular flexibility index (Phi) is 8.19. The first kappa shape index (κ1) is 28.8. The molecule has 2 aliphatic carbocycles. The number of esters is 3. The topological polar surface area (TPSA) is 108 Å². The molecule has 0 radical (unpaired) electrons. The Balaban J connectivity index is 1.91. The number of aliphatic hydroxyl groups excluding tert-OH is 1. The van der Waals surface area contributed by atoms with Gasteiger partial charge in [0.15, 0.2) is 0 Å². The van der Waals surface area contributed by atoms with Gasteiger partial charge in [-0.15, -0.1) is 0 Å². The summed E-state index contributed by atoms with van der Waals surface area (Å²) in [6.07, 6.45) is 2.85. The molecule has 1 spiro atoms. The molecular formula is C31H38O8. The van der Waals surface area contributed by atoms with Gasteiger partial charge in [-0.25, -0.2) is 4.79 Å². The monoisotopic (exact) mass is 538 g/mol. The maximum atomic E-state index is 13.4. The van der Waals surface area contributed by atoms with Crippen molar-refractivity contribution in [3.05, 3.63) is 71.8 Å². The van der Waals surface area contributed by atoms with Gasteiger partial charge in [0.05, 0.1) is 11.7 Å². The van der Waals surface area contributed by atoms with E-state index in [0.29, 0.717) is 30.4 Å². The van der Waals surface area contributed by atoms with E-state index in [1.165, 1.54) is 13.8 Å². The van der Waals surface area contributed by atoms with Gasteiger partial charge in [0.2, 0.25) is 12.6 Å². The largest absolute Gasteiger partial charge is 0.458 e. The van der Waals surface area contributed by atoms with Crippen molar-refractivity contribution in [2.24, 2.45) is 22.7 Å². The van der Waals surface area contributed by atoms with Gasteiger partial charge in [0.1, 0.15) is 11.5 Å². The van der Waals surface area contributed by atoms with Gasteiger partial charge in [0.25, 0.3) is 0 Å². The van der Waals surface area contributed by atoms with Gasteiger partial charge >= 0.3 is 17.9 Å². The van der Waals surface area contributed by atoms with Crippen molar-refractivity contribution >= 4 is 17.9 Å². The summed E-state index contributed by atoms with van der Waals surface area (Å²) in [5.74, 6) is -2.03. The Hall–Kier alpha value is -3.23. The average Bonchev–Trinajstić information content (AvgIpc) is 3.17. The normalized spacial score (nSPS) is 35.6. The number of hydrogen-bond donors (Lipinski definition) is 1. The fraction of sp³-hybridized carbons (Fsp3) is 0.516. The third-order valence-electron chi connectivity index (χ3n) is 8.83. The summed E-state index contributed by atoms with van der Waals surface area (Å²) < 4.78 is 23.7. The van der Waals surface area contributed by atoms with Gasteiger partial charge < -0.3 is 19.3 Å². The third kappa shape index (κ3) is 5.20. The molecule has 1 aromatic carbocycles. The highest BCUT2D eigenvalue weighted by atomic mass is 16.8. The van der Waals surface area contributed by atoms with Crippen molar-refractivity contribution in [1.82, 2.24) is 0 Å². The molecule has 8 nitrogen and oxygen atoms in total. The zero-order chi connectivity index (χ0) is 28.5. The molecule has 8 atom stereocenters. The molecule has 4 rings (SSSR count). The van der Waals surface area contributed by atoms with Crippen molar-refractivity contribution < 1.29 is 38.4 Å². The highest BCUT2D eigenvalue weighted by molar-refractivity contribution is 5.89. The number of aliphatic hydroxyl groups is 1. The predicted octanol–water partition coefficient (Wildman–Crippen LogP) is 4.88. The molecule has 210 valence electrons. The molecule has 1 aliphatic heterocycles. The Morgan fingerprint density at radius 1 is 1.08 bits per heavy atom. The number of benzene rings is 1. The zero-order valence-electron chi connectivity index (χ0n) is 23.2. The molecule has 39 heavy (non-hydrogen) atoms. The van der Waals surface area contributed by atoms with Crippen LogP contribution in [0, 0.1) is 22.7 Å². The molecule has 1 aromatic rings. The molecule has 1 saturated heterocycles. The summed E-state index contributed by atoms with van der Waals surface area (Å²) in [5.41, 5.74) is 0.233. The molecule has 1 heterocycles. The number of carbonyl (C=O) groups is 3. The lowest BCUT2D eigenvalue weighted by molar-refractivity contribution is -0.253. The van der Waals surface area contributed by atoms with Crippen LogP contribution in [0.25, 0.3) is 0 Å². The number of carbonyl (C=O) groups excluding carboxylic acids is 3. The molecular weight excluding hydrogens is 500 g/mol. The Morgan fingerprint density at radius 3 is 2.36 bits per heavy atom. The summed E-state index contributed by atoms with van der Waals surface area (Å²) in [5, 5.41) is 11.1. The number of ether oxygens (including phenoxy) is 4. The highest BCUT2D eigenvalue weighted by Crippen LogP contribution is 2.67. The van der Waals surface area contributed by atoms with Crippen molar-refractivity contribution in [2.75, 3.05) is 0 Å². The van der Waals surface area contributed by atoms with Crippen LogP contribution in [0.1, 0.15) is 64.2 Å². The third-order valence-corrected chi connectivity index (χ3v) is 8.83. The second kappa shape index (κ2) is 11.1. The smallest absolute Gasteiger partial charge is 0.338 e. The molecule has 8 heteroatoms. The quantitative estimate of drug-likeness (QED) is 0.226. The van der Waals surface area contributed by atoms with Crippen LogP contribution in [0.2, 0.25) is 0 Å². The van der Waals surface area contributed by atoms with Gasteiger partial charge in [-0.05, 0) is 61.6 Å². The molecule has 0 amide bonds. The molecule has 0 aromatic heterocycles. The maximum Gasteiger partial charge on any atom is 0.338 e. The first-order chi connectivity index (χ1) is 18.4. The van der Waals surface area contributed by atoms with Gasteiger partial charge in [-0.3, -0.25) is 14.3 Å². The first-order valence-corrected chi connectivity index (χ1v) is 13.4. The van der Waals surface area contributed by atoms with E-state index >= 15 is 0 Å². The number of hydrogen-bond acceptors (Lipinski definition) is 8. The van der Waals surface area contributed by atoms with Crippen molar-refractivity contribution in [3.63, 3.8) is 0 Å². The van der Waals surface area contributed by atoms with Crippen LogP contribution in [0.3, 0.4) is 0 Å². The van der Waals surface area contributed by atoms with E-state index in [9.17, 15) is 19.5 Å². The van der Waals surface area contributed by atoms with E-state index in [2.05, 4.69) is 26.5 Å². The molecule has 2 fully saturated rings. The fourth-order valence-electron chi connectivity index (χ4n) is 6.69. The highest BCUT2D eigenvalue weighted by Gasteiger charge is 2.72. The summed E-state index contributed by atoms with van der Waals surface area (Å²) in [6.45, 7) is 12.6. The Morgan fingerprint density at radius 2 is 1.74 bits per heavy atom. The Labute approximate surface area is 229 Å². The van der Waals surface area contributed by atoms with Crippen molar-refractivity contribution in [3.8, 4) is 0 Å². The average molecular weight is 539 g/mol. The van der Waals surface area contributed by atoms with E-state index in [4.69, 9.17) is 18.9 Å². The summed E-state index contributed by atoms with van der Waals surface area (Å²) in [6, 6.07) is 8.67. The van der Waals surface area contributed by atoms with Crippen LogP contribution in [0.4, 0.5) is 0 Å². The second-order valence-corrected chi connectivity index (χ2v) is 11.2. The van der Waals surface area contributed by atoms with Crippen LogP contribution in [0.15, 0.2) is 66.3 Å². The van der Waals surface area contributed by atoms with Crippen LogP contribution >= 0.6 is 0 Å². The predicted molar refractivity (Wildman–Crippen MR) is 143 cm³/mol. The summed E-state index contributed by atoms with van der Waals surface area (Å²) in [7, 11) is 0. The van der Waals surface area contributed by atoms with Crippen LogP contribution < -0.4 is 0 Å². The zero-order valence-corrected chi connectivity index (χ0v) is 23.2. The minimum Gasteiger partial charge on any atom is -0.458 e. The van der Waals surface area contributed by atoms with Crippen LogP contribution in [0.5, 0.6) is 0 Å². The summed E-state index contributed by atoms with van der Waals surface area (Å²) in [4.78, 5) is 37.8. The Bertz CT molecular complexity index is 1190. The van der Waals surface area contributed by atoms with Crippen LogP contribution in [-0.2, 0) is 28.5 Å². The maximum absolute atomic E-state index is 13.4. The van der Waals surface area contributed by atoms with E-state index < -0.39 is 53.5 Å². The minimum absolute atomic E-state index is 0.0351. The minimum atomic E-state index is -1.20. The number of allylic oxidation sites excluding steroid dienone is 3. The lowest BCUT2D eigenvalue weighted by Crippen LogP contribution is -2.63. The van der Waals surface area contributed by atoms with Gasteiger partial charge in [-0.1, -0.05) is 56.4 Å².